The SMILES string of the molecule is NS(=O)(=O)C1CC(=O)N(CC(=O)NCC(F)(F)F)C1. The highest BCUT2D eigenvalue weighted by atomic mass is 32.2. The second-order valence-electron chi connectivity index (χ2n) is 4.08. The fourth-order valence-corrected chi connectivity index (χ4v) is 2.30. The van der Waals surface area contributed by atoms with Gasteiger partial charge in [-0.2, -0.15) is 13.2 Å². The molecular formula is C8H12F3N3O4S. The number of halogens is 3. The normalized spacial score (nSPS) is 20.7. The van der Waals surface area contributed by atoms with Gasteiger partial charge in [-0.3, -0.25) is 9.59 Å². The molecule has 0 spiro atoms. The zero-order valence-electron chi connectivity index (χ0n) is 9.61. The van der Waals surface area contributed by atoms with Crippen LogP contribution in [0.2, 0.25) is 0 Å². The summed E-state index contributed by atoms with van der Waals surface area (Å²) in [5.74, 6) is -1.65. The highest BCUT2D eigenvalue weighted by Crippen LogP contribution is 2.16. The van der Waals surface area contributed by atoms with E-state index in [0.717, 1.165) is 4.90 Å². The van der Waals surface area contributed by atoms with E-state index in [4.69, 9.17) is 5.14 Å². The molecule has 1 atom stereocenters. The van der Waals surface area contributed by atoms with E-state index in [1.807, 2.05) is 0 Å². The Morgan fingerprint density at radius 2 is 2.05 bits per heavy atom. The monoisotopic (exact) mass is 303 g/mol. The second-order valence-corrected chi connectivity index (χ2v) is 5.93. The molecule has 2 amide bonds. The van der Waals surface area contributed by atoms with Gasteiger partial charge in [-0.15, -0.1) is 0 Å². The number of nitrogens with two attached hydrogens (primary N) is 1. The fourth-order valence-electron chi connectivity index (χ4n) is 1.54. The minimum absolute atomic E-state index is 0.295. The van der Waals surface area contributed by atoms with Crippen LogP contribution in [0.4, 0.5) is 13.2 Å². The molecular weight excluding hydrogens is 291 g/mol. The van der Waals surface area contributed by atoms with Crippen molar-refractivity contribution in [2.75, 3.05) is 19.6 Å². The first-order valence-electron chi connectivity index (χ1n) is 5.12. The van der Waals surface area contributed by atoms with Crippen molar-refractivity contribution < 1.29 is 31.2 Å². The lowest BCUT2D eigenvalue weighted by atomic mass is 10.4. The average molecular weight is 303 g/mol. The second kappa shape index (κ2) is 5.33. The lowest BCUT2D eigenvalue weighted by Gasteiger charge is -2.16. The number of rotatable bonds is 4. The number of alkyl halides is 3. The van der Waals surface area contributed by atoms with E-state index in [0.29, 0.717) is 0 Å². The molecule has 1 fully saturated rings. The molecule has 0 aromatic carbocycles. The van der Waals surface area contributed by atoms with Crippen molar-refractivity contribution in [1.82, 2.24) is 10.2 Å². The van der Waals surface area contributed by atoms with Crippen LogP contribution in [0.5, 0.6) is 0 Å². The molecule has 11 heteroatoms. The van der Waals surface area contributed by atoms with Gasteiger partial charge < -0.3 is 10.2 Å². The van der Waals surface area contributed by atoms with E-state index in [-0.39, 0.29) is 13.0 Å². The first kappa shape index (κ1) is 15.7. The molecule has 3 N–H and O–H groups in total. The number of hydrogen-bond donors (Lipinski definition) is 2. The van der Waals surface area contributed by atoms with Crippen LogP contribution in [-0.2, 0) is 19.6 Å². The summed E-state index contributed by atoms with van der Waals surface area (Å²) in [4.78, 5) is 23.4. The summed E-state index contributed by atoms with van der Waals surface area (Å²) in [6.45, 7) is -2.43. The Balaban J connectivity index is 2.50. The molecule has 1 aliphatic rings. The van der Waals surface area contributed by atoms with Crippen molar-refractivity contribution in [3.05, 3.63) is 0 Å². The zero-order chi connectivity index (χ0) is 14.8. The van der Waals surface area contributed by atoms with E-state index in [9.17, 15) is 31.2 Å². The van der Waals surface area contributed by atoms with Crippen LogP contribution in [0.1, 0.15) is 6.42 Å². The highest BCUT2D eigenvalue weighted by Gasteiger charge is 2.37. The lowest BCUT2D eigenvalue weighted by Crippen LogP contribution is -2.42. The van der Waals surface area contributed by atoms with Crippen LogP contribution in [0, 0.1) is 0 Å². The quantitative estimate of drug-likeness (QED) is 0.662. The predicted octanol–water partition coefficient (Wildman–Crippen LogP) is -1.45. The highest BCUT2D eigenvalue weighted by molar-refractivity contribution is 7.89. The number of likely N-dealkylation sites (tertiary alicyclic amines) is 1. The Bertz CT molecular complexity index is 476. The predicted molar refractivity (Wildman–Crippen MR) is 57.2 cm³/mol. The Morgan fingerprint density at radius 3 is 2.47 bits per heavy atom. The van der Waals surface area contributed by atoms with E-state index < -0.39 is 46.4 Å². The number of primary sulfonamides is 1. The smallest absolute Gasteiger partial charge is 0.345 e. The topological polar surface area (TPSA) is 110 Å². The molecule has 1 heterocycles. The summed E-state index contributed by atoms with van der Waals surface area (Å²) in [6.07, 6.45) is -4.92. The van der Waals surface area contributed by atoms with Crippen LogP contribution in [0.15, 0.2) is 0 Å². The number of carbonyl (C=O) groups excluding carboxylic acids is 2. The number of sulfonamides is 1. The molecule has 7 nitrogen and oxygen atoms in total. The zero-order valence-corrected chi connectivity index (χ0v) is 10.4. The minimum atomic E-state index is -4.55. The Kier molecular flexibility index (Phi) is 4.40. The molecule has 0 radical (unpaired) electrons. The summed E-state index contributed by atoms with van der Waals surface area (Å²) < 4.78 is 57.5. The third-order valence-corrected chi connectivity index (χ3v) is 3.71. The maximum absolute atomic E-state index is 11.8. The van der Waals surface area contributed by atoms with Gasteiger partial charge in [0.15, 0.2) is 0 Å². The van der Waals surface area contributed by atoms with Gasteiger partial charge in [-0.25, -0.2) is 13.6 Å². The summed E-state index contributed by atoms with van der Waals surface area (Å²) in [6, 6.07) is 0. The molecule has 1 unspecified atom stereocenters. The summed E-state index contributed by atoms with van der Waals surface area (Å²) in [5.41, 5.74) is 0. The van der Waals surface area contributed by atoms with Crippen LogP contribution in [-0.4, -0.2) is 56.2 Å². The molecule has 19 heavy (non-hydrogen) atoms. The van der Waals surface area contributed by atoms with E-state index in [2.05, 4.69) is 0 Å². The van der Waals surface area contributed by atoms with E-state index >= 15 is 0 Å². The average Bonchev–Trinajstić information content (AvgIpc) is 2.56. The van der Waals surface area contributed by atoms with Crippen molar-refractivity contribution in [3.8, 4) is 0 Å². The molecule has 0 aromatic heterocycles. The van der Waals surface area contributed by atoms with Gasteiger partial charge in [0.2, 0.25) is 21.8 Å². The van der Waals surface area contributed by atoms with Crippen LogP contribution in [0.25, 0.3) is 0 Å². The van der Waals surface area contributed by atoms with Crippen LogP contribution >= 0.6 is 0 Å². The molecule has 110 valence electrons. The molecule has 0 aliphatic carbocycles. The first-order valence-corrected chi connectivity index (χ1v) is 6.73. The molecule has 1 rings (SSSR count). The molecule has 1 aliphatic heterocycles. The largest absolute Gasteiger partial charge is 0.405 e. The van der Waals surface area contributed by atoms with Crippen LogP contribution < -0.4 is 10.5 Å². The maximum Gasteiger partial charge on any atom is 0.405 e. The first-order chi connectivity index (χ1) is 8.49. The summed E-state index contributed by atoms with van der Waals surface area (Å²) in [5, 5.41) is 5.31. The van der Waals surface area contributed by atoms with Gasteiger partial charge in [-0.1, -0.05) is 0 Å². The van der Waals surface area contributed by atoms with Gasteiger partial charge in [0, 0.05) is 13.0 Å². The third kappa shape index (κ3) is 5.03. The van der Waals surface area contributed by atoms with Crippen molar-refractivity contribution in [1.29, 1.82) is 0 Å². The van der Waals surface area contributed by atoms with Gasteiger partial charge in [-0.05, 0) is 0 Å². The van der Waals surface area contributed by atoms with E-state index in [1.54, 1.807) is 5.32 Å². The Morgan fingerprint density at radius 1 is 1.47 bits per heavy atom. The molecule has 1 saturated heterocycles. The maximum atomic E-state index is 11.8. The minimum Gasteiger partial charge on any atom is -0.345 e. The standard InChI is InChI=1S/C8H12F3N3O4S/c9-8(10,11)4-13-6(15)3-14-2-5(1-7(14)16)19(12,17)18/h5H,1-4H2,(H,13,15)(H2,12,17,18). The molecule has 0 aromatic rings. The number of amides is 2. The van der Waals surface area contributed by atoms with Crippen molar-refractivity contribution >= 4 is 21.8 Å². The van der Waals surface area contributed by atoms with Gasteiger partial charge in [0.05, 0.1) is 6.54 Å². The number of nitrogens with zero attached hydrogens (tertiary/aromatic N) is 1. The van der Waals surface area contributed by atoms with Crippen molar-refractivity contribution in [2.45, 2.75) is 17.8 Å². The molecule has 0 bridgehead atoms. The van der Waals surface area contributed by atoms with E-state index in [1.165, 1.54) is 0 Å². The Labute approximate surface area is 107 Å². The van der Waals surface area contributed by atoms with Crippen molar-refractivity contribution in [2.24, 2.45) is 5.14 Å². The van der Waals surface area contributed by atoms with Gasteiger partial charge in [0.1, 0.15) is 11.8 Å². The van der Waals surface area contributed by atoms with Gasteiger partial charge in [0.25, 0.3) is 0 Å². The lowest BCUT2D eigenvalue weighted by molar-refractivity contribution is -0.141. The summed E-state index contributed by atoms with van der Waals surface area (Å²) >= 11 is 0. The summed E-state index contributed by atoms with van der Waals surface area (Å²) in [7, 11) is -3.91. The van der Waals surface area contributed by atoms with Crippen molar-refractivity contribution in [3.63, 3.8) is 0 Å². The fraction of sp³-hybridized carbons (Fsp3) is 0.750. The van der Waals surface area contributed by atoms with Crippen LogP contribution in [0.3, 0.4) is 0 Å². The molecule has 0 saturated carbocycles. The number of nitrogens with one attached hydrogen (secondary N) is 1. The number of hydrogen-bond acceptors (Lipinski definition) is 4. The van der Waals surface area contributed by atoms with Gasteiger partial charge >= 0.3 is 6.18 Å². The number of carbonyl (C=O) groups is 2. The third-order valence-electron chi connectivity index (χ3n) is 2.46. The Hall–Kier alpha value is -1.36.